The standard InChI is InChI=1S/C29H32N2O5/c1-4-6-18-36-26-16-14-24(15-17-26)30-29(34)31(3)25-9-7-8-23(20-25)22-12-10-21(11-13-22)19-27(28(32)33)35-5-2/h7-17,19-20H,4-6,18H2,1-3H3,(H,30,34)(H,32,33)/b27-19+. The fourth-order valence-corrected chi connectivity index (χ4v) is 3.43. The van der Waals surface area contributed by atoms with Gasteiger partial charge in [0.15, 0.2) is 0 Å². The normalized spacial score (nSPS) is 11.0. The number of urea groups is 1. The average molecular weight is 489 g/mol. The minimum atomic E-state index is -1.11. The van der Waals surface area contributed by atoms with Crippen LogP contribution in [0.4, 0.5) is 16.2 Å². The second-order valence-corrected chi connectivity index (χ2v) is 8.13. The van der Waals surface area contributed by atoms with Crippen molar-refractivity contribution in [2.75, 3.05) is 30.5 Å². The predicted molar refractivity (Wildman–Crippen MR) is 143 cm³/mol. The second-order valence-electron chi connectivity index (χ2n) is 8.13. The Morgan fingerprint density at radius 2 is 1.69 bits per heavy atom. The van der Waals surface area contributed by atoms with E-state index in [1.807, 2.05) is 72.8 Å². The number of benzene rings is 3. The molecule has 0 saturated heterocycles. The monoisotopic (exact) mass is 488 g/mol. The van der Waals surface area contributed by atoms with Gasteiger partial charge >= 0.3 is 12.0 Å². The largest absolute Gasteiger partial charge is 0.494 e. The van der Waals surface area contributed by atoms with Gasteiger partial charge in [-0.05, 0) is 72.5 Å². The first-order valence-electron chi connectivity index (χ1n) is 12.0. The molecule has 0 spiro atoms. The van der Waals surface area contributed by atoms with Crippen molar-refractivity contribution in [3.8, 4) is 16.9 Å². The van der Waals surface area contributed by atoms with Crippen LogP contribution < -0.4 is 15.0 Å². The molecule has 3 aromatic carbocycles. The summed E-state index contributed by atoms with van der Waals surface area (Å²) in [6.45, 7) is 4.82. The smallest absolute Gasteiger partial charge is 0.371 e. The molecule has 2 N–H and O–H groups in total. The van der Waals surface area contributed by atoms with Crippen molar-refractivity contribution >= 4 is 29.5 Å². The molecule has 2 amide bonds. The van der Waals surface area contributed by atoms with Crippen molar-refractivity contribution in [2.24, 2.45) is 0 Å². The lowest BCUT2D eigenvalue weighted by Gasteiger charge is -2.19. The molecule has 0 aromatic heterocycles. The van der Waals surface area contributed by atoms with Gasteiger partial charge in [0.2, 0.25) is 5.76 Å². The van der Waals surface area contributed by atoms with E-state index in [1.165, 1.54) is 6.08 Å². The van der Waals surface area contributed by atoms with Crippen LogP contribution in [0.1, 0.15) is 32.3 Å². The minimum absolute atomic E-state index is 0.0986. The molecular weight excluding hydrogens is 456 g/mol. The van der Waals surface area contributed by atoms with E-state index in [-0.39, 0.29) is 18.4 Å². The molecule has 7 nitrogen and oxygen atoms in total. The number of aliphatic carboxylic acids is 1. The molecule has 36 heavy (non-hydrogen) atoms. The Labute approximate surface area is 212 Å². The summed E-state index contributed by atoms with van der Waals surface area (Å²) in [4.78, 5) is 25.7. The second kappa shape index (κ2) is 13.0. The number of carboxylic acid groups (broad SMARTS) is 1. The summed E-state index contributed by atoms with van der Waals surface area (Å²) in [5.41, 5.74) is 4.01. The molecule has 0 aliphatic heterocycles. The molecular formula is C29H32N2O5. The van der Waals surface area contributed by atoms with Crippen LogP contribution >= 0.6 is 0 Å². The Morgan fingerprint density at radius 3 is 2.33 bits per heavy atom. The third kappa shape index (κ3) is 7.37. The molecule has 0 unspecified atom stereocenters. The molecule has 0 radical (unpaired) electrons. The summed E-state index contributed by atoms with van der Waals surface area (Å²) in [5.74, 6) is -0.425. The van der Waals surface area contributed by atoms with Gasteiger partial charge in [0.1, 0.15) is 5.75 Å². The molecule has 0 saturated carbocycles. The van der Waals surface area contributed by atoms with Crippen molar-refractivity contribution < 1.29 is 24.2 Å². The van der Waals surface area contributed by atoms with Crippen molar-refractivity contribution in [1.29, 1.82) is 0 Å². The topological polar surface area (TPSA) is 88.1 Å². The van der Waals surface area contributed by atoms with Gasteiger partial charge in [0.25, 0.3) is 0 Å². The summed E-state index contributed by atoms with van der Waals surface area (Å²) in [5, 5.41) is 12.1. The van der Waals surface area contributed by atoms with E-state index in [4.69, 9.17) is 9.47 Å². The maximum Gasteiger partial charge on any atom is 0.371 e. The molecule has 0 fully saturated rings. The number of carbonyl (C=O) groups is 2. The SMILES string of the molecule is CCCCOc1ccc(NC(=O)N(C)c2cccc(-c3ccc(/C=C(/OCC)C(=O)O)cc3)c2)cc1. The van der Waals surface area contributed by atoms with Crippen LogP contribution in [0.15, 0.2) is 78.6 Å². The highest BCUT2D eigenvalue weighted by atomic mass is 16.5. The van der Waals surface area contributed by atoms with Crippen LogP contribution in [-0.2, 0) is 9.53 Å². The molecule has 7 heteroatoms. The summed E-state index contributed by atoms with van der Waals surface area (Å²) >= 11 is 0. The van der Waals surface area contributed by atoms with Gasteiger partial charge in [0, 0.05) is 18.4 Å². The lowest BCUT2D eigenvalue weighted by Crippen LogP contribution is -2.31. The highest BCUT2D eigenvalue weighted by molar-refractivity contribution is 6.01. The van der Waals surface area contributed by atoms with Crippen LogP contribution in [-0.4, -0.2) is 37.4 Å². The Bertz CT molecular complexity index is 1190. The number of hydrogen-bond donors (Lipinski definition) is 2. The molecule has 188 valence electrons. The maximum absolute atomic E-state index is 12.8. The van der Waals surface area contributed by atoms with Crippen molar-refractivity contribution in [3.05, 3.63) is 84.1 Å². The Balaban J connectivity index is 1.68. The number of rotatable bonds is 11. The molecule has 0 aliphatic carbocycles. The van der Waals surface area contributed by atoms with Gasteiger partial charge in [-0.15, -0.1) is 0 Å². The number of unbranched alkanes of at least 4 members (excludes halogenated alkanes) is 1. The van der Waals surface area contributed by atoms with E-state index < -0.39 is 5.97 Å². The summed E-state index contributed by atoms with van der Waals surface area (Å²) in [7, 11) is 1.71. The van der Waals surface area contributed by atoms with Crippen molar-refractivity contribution in [2.45, 2.75) is 26.7 Å². The predicted octanol–water partition coefficient (Wildman–Crippen LogP) is 6.66. The number of anilines is 2. The number of carboxylic acids is 1. The number of nitrogens with one attached hydrogen (secondary N) is 1. The van der Waals surface area contributed by atoms with E-state index in [0.717, 1.165) is 41.0 Å². The Morgan fingerprint density at radius 1 is 0.972 bits per heavy atom. The Kier molecular flexibility index (Phi) is 9.51. The molecule has 0 aliphatic rings. The summed E-state index contributed by atoms with van der Waals surface area (Å²) < 4.78 is 10.8. The highest BCUT2D eigenvalue weighted by Crippen LogP contribution is 2.26. The molecule has 0 bridgehead atoms. The number of ether oxygens (including phenoxy) is 2. The van der Waals surface area contributed by atoms with E-state index in [1.54, 1.807) is 18.9 Å². The zero-order chi connectivity index (χ0) is 25.9. The van der Waals surface area contributed by atoms with Gasteiger partial charge in [-0.25, -0.2) is 9.59 Å². The number of carbonyl (C=O) groups excluding carboxylic acids is 1. The molecule has 3 aromatic rings. The van der Waals surface area contributed by atoms with Crippen LogP contribution in [0.5, 0.6) is 5.75 Å². The van der Waals surface area contributed by atoms with Crippen LogP contribution in [0.2, 0.25) is 0 Å². The number of hydrogen-bond acceptors (Lipinski definition) is 4. The number of amides is 2. The zero-order valence-corrected chi connectivity index (χ0v) is 20.9. The first kappa shape index (κ1) is 26.3. The summed E-state index contributed by atoms with van der Waals surface area (Å²) in [6, 6.07) is 22.2. The van der Waals surface area contributed by atoms with Gasteiger partial charge in [-0.2, -0.15) is 0 Å². The van der Waals surface area contributed by atoms with Crippen LogP contribution in [0.25, 0.3) is 17.2 Å². The quantitative estimate of drug-likeness (QED) is 0.179. The minimum Gasteiger partial charge on any atom is -0.494 e. The van der Waals surface area contributed by atoms with Gasteiger partial charge in [-0.3, -0.25) is 4.90 Å². The number of nitrogens with zero attached hydrogens (tertiary/aromatic N) is 1. The van der Waals surface area contributed by atoms with E-state index in [9.17, 15) is 14.7 Å². The molecule has 0 atom stereocenters. The van der Waals surface area contributed by atoms with E-state index in [0.29, 0.717) is 12.3 Å². The van der Waals surface area contributed by atoms with E-state index >= 15 is 0 Å². The van der Waals surface area contributed by atoms with Crippen LogP contribution in [0.3, 0.4) is 0 Å². The van der Waals surface area contributed by atoms with Crippen molar-refractivity contribution in [3.63, 3.8) is 0 Å². The van der Waals surface area contributed by atoms with Crippen LogP contribution in [0, 0.1) is 0 Å². The van der Waals surface area contributed by atoms with Gasteiger partial charge in [-0.1, -0.05) is 49.7 Å². The van der Waals surface area contributed by atoms with Gasteiger partial charge in [0.05, 0.1) is 13.2 Å². The molecule has 0 heterocycles. The fraction of sp³-hybridized carbons (Fsp3) is 0.241. The van der Waals surface area contributed by atoms with Crippen molar-refractivity contribution in [1.82, 2.24) is 0 Å². The zero-order valence-electron chi connectivity index (χ0n) is 20.9. The Hall–Kier alpha value is -4.26. The first-order valence-corrected chi connectivity index (χ1v) is 12.0. The lowest BCUT2D eigenvalue weighted by molar-refractivity contribution is -0.136. The first-order chi connectivity index (χ1) is 17.4. The average Bonchev–Trinajstić information content (AvgIpc) is 2.89. The molecule has 3 rings (SSSR count). The maximum atomic E-state index is 12.8. The summed E-state index contributed by atoms with van der Waals surface area (Å²) in [6.07, 6.45) is 3.57. The lowest BCUT2D eigenvalue weighted by atomic mass is 10.0. The fourth-order valence-electron chi connectivity index (χ4n) is 3.43. The van der Waals surface area contributed by atoms with E-state index in [2.05, 4.69) is 12.2 Å². The third-order valence-electron chi connectivity index (χ3n) is 5.46. The third-order valence-corrected chi connectivity index (χ3v) is 5.46. The highest BCUT2D eigenvalue weighted by Gasteiger charge is 2.13. The van der Waals surface area contributed by atoms with Gasteiger partial charge < -0.3 is 19.9 Å².